The molecule has 0 aromatic heterocycles. The molecule has 0 unspecified atom stereocenters. The molecule has 0 aliphatic heterocycles. The highest BCUT2D eigenvalue weighted by atomic mass is 16.5. The second-order valence-corrected chi connectivity index (χ2v) is 1.58. The highest BCUT2D eigenvalue weighted by molar-refractivity contribution is 5.92. The number of hydrogen-bond donors (Lipinski definition) is 0. The molecule has 0 saturated heterocycles. The van der Waals surface area contributed by atoms with Crippen molar-refractivity contribution in [3.05, 3.63) is 29.5 Å². The van der Waals surface area contributed by atoms with E-state index in [1.807, 2.05) is 0 Å². The lowest BCUT2D eigenvalue weighted by atomic mass is 10.3. The molecule has 0 atom stereocenters. The molecule has 9 heavy (non-hydrogen) atoms. The maximum absolute atomic E-state index is 10.6. The average Bonchev–Trinajstić information content (AvgIpc) is 2.37. The first-order valence-corrected chi connectivity index (χ1v) is 2.56. The van der Waals surface area contributed by atoms with Gasteiger partial charge in [-0.05, 0) is 12.2 Å². The fourth-order valence-corrected chi connectivity index (χ4v) is 0.567. The molecule has 46 valence electrons. The maximum Gasteiger partial charge on any atom is 0.345 e. The van der Waals surface area contributed by atoms with Crippen LogP contribution in [0.25, 0.3) is 0 Å². The first kappa shape index (κ1) is 5.86. The number of rotatable bonds is 1. The smallest absolute Gasteiger partial charge is 0.345 e. The van der Waals surface area contributed by atoms with Gasteiger partial charge in [0.25, 0.3) is 0 Å². The lowest BCUT2D eigenvalue weighted by Gasteiger charge is -1.91. The Bertz CT molecular complexity index is 217. The van der Waals surface area contributed by atoms with E-state index in [1.54, 1.807) is 18.2 Å². The summed E-state index contributed by atoms with van der Waals surface area (Å²) in [6.07, 6.45) is 5.07. The van der Waals surface area contributed by atoms with E-state index < -0.39 is 0 Å². The minimum Gasteiger partial charge on any atom is -0.465 e. The predicted molar refractivity (Wildman–Crippen MR) is 32.8 cm³/mol. The molecule has 0 aromatic rings. The number of ether oxygens (including phenoxy) is 1. The van der Waals surface area contributed by atoms with Crippen LogP contribution in [0.3, 0.4) is 0 Å². The van der Waals surface area contributed by atoms with Gasteiger partial charge in [-0.25, -0.2) is 4.79 Å². The van der Waals surface area contributed by atoms with Crippen LogP contribution in [0.4, 0.5) is 0 Å². The fourth-order valence-electron chi connectivity index (χ4n) is 0.567. The van der Waals surface area contributed by atoms with Gasteiger partial charge in [-0.15, -0.1) is 5.73 Å². The minimum atomic E-state index is -0.333. The Morgan fingerprint density at radius 1 is 1.78 bits per heavy atom. The van der Waals surface area contributed by atoms with Gasteiger partial charge in [0, 0.05) is 0 Å². The second kappa shape index (κ2) is 2.33. The van der Waals surface area contributed by atoms with E-state index in [4.69, 9.17) is 0 Å². The Hall–Kier alpha value is -1.27. The third kappa shape index (κ3) is 1.09. The Labute approximate surface area is 53.1 Å². The Balaban J connectivity index is 2.75. The van der Waals surface area contributed by atoms with Crippen LogP contribution >= 0.6 is 0 Å². The van der Waals surface area contributed by atoms with Gasteiger partial charge in [0.15, 0.2) is 0 Å². The van der Waals surface area contributed by atoms with E-state index in [0.29, 0.717) is 5.57 Å². The Kier molecular flexibility index (Phi) is 1.52. The summed E-state index contributed by atoms with van der Waals surface area (Å²) in [6.45, 7) is 0. The molecule has 0 saturated carbocycles. The Morgan fingerprint density at radius 2 is 2.56 bits per heavy atom. The first-order valence-electron chi connectivity index (χ1n) is 2.56. The van der Waals surface area contributed by atoms with Gasteiger partial charge < -0.3 is 4.74 Å². The predicted octanol–water partition coefficient (Wildman–Crippen LogP) is 0.811. The van der Waals surface area contributed by atoms with Gasteiger partial charge in [-0.1, -0.05) is 6.08 Å². The van der Waals surface area contributed by atoms with E-state index in [-0.39, 0.29) is 5.97 Å². The van der Waals surface area contributed by atoms with Crippen LogP contribution in [0, 0.1) is 0 Å². The Morgan fingerprint density at radius 3 is 3.00 bits per heavy atom. The van der Waals surface area contributed by atoms with Crippen LogP contribution in [-0.4, -0.2) is 13.1 Å². The molecule has 1 aliphatic carbocycles. The third-order valence-corrected chi connectivity index (χ3v) is 1.00. The molecule has 0 bridgehead atoms. The number of esters is 1. The standard InChI is InChI=1S/C7H6O2/c1-9-7(8)6-4-2-3-5-6/h2-4H,1H3. The fraction of sp³-hybridized carbons (Fsp3) is 0.143. The van der Waals surface area contributed by atoms with Crippen molar-refractivity contribution >= 4 is 5.97 Å². The van der Waals surface area contributed by atoms with Crippen molar-refractivity contribution < 1.29 is 9.53 Å². The van der Waals surface area contributed by atoms with Gasteiger partial charge in [0.05, 0.1) is 7.11 Å². The zero-order valence-electron chi connectivity index (χ0n) is 5.05. The molecule has 0 N–H and O–H groups in total. The normalized spacial score (nSPS) is 13.7. The van der Waals surface area contributed by atoms with Crippen molar-refractivity contribution in [2.75, 3.05) is 7.11 Å². The van der Waals surface area contributed by atoms with Gasteiger partial charge in [-0.2, -0.15) is 0 Å². The monoisotopic (exact) mass is 122 g/mol. The maximum atomic E-state index is 10.6. The summed E-state index contributed by atoms with van der Waals surface area (Å²) in [5.41, 5.74) is 3.20. The first-order chi connectivity index (χ1) is 4.34. The molecule has 0 spiro atoms. The summed E-state index contributed by atoms with van der Waals surface area (Å²) >= 11 is 0. The summed E-state index contributed by atoms with van der Waals surface area (Å²) in [5.74, 6) is -0.333. The average molecular weight is 122 g/mol. The van der Waals surface area contributed by atoms with Crippen LogP contribution < -0.4 is 0 Å². The van der Waals surface area contributed by atoms with Crippen molar-refractivity contribution in [2.45, 2.75) is 0 Å². The molecule has 0 radical (unpaired) electrons. The quantitative estimate of drug-likeness (QED) is 0.380. The number of carbonyl (C=O) groups is 1. The highest BCUT2D eigenvalue weighted by Gasteiger charge is 2.04. The van der Waals surface area contributed by atoms with E-state index in [1.165, 1.54) is 7.11 Å². The molecule has 2 nitrogen and oxygen atoms in total. The molecule has 0 amide bonds. The van der Waals surface area contributed by atoms with Crippen molar-refractivity contribution in [3.8, 4) is 0 Å². The molecule has 0 heterocycles. The summed E-state index contributed by atoms with van der Waals surface area (Å²) in [6, 6.07) is 0. The third-order valence-electron chi connectivity index (χ3n) is 1.00. The second-order valence-electron chi connectivity index (χ2n) is 1.58. The molecular formula is C7H6O2. The summed E-state index contributed by atoms with van der Waals surface area (Å²) in [7, 11) is 1.35. The zero-order valence-corrected chi connectivity index (χ0v) is 5.05. The van der Waals surface area contributed by atoms with E-state index in [0.717, 1.165) is 0 Å². The summed E-state index contributed by atoms with van der Waals surface area (Å²) in [4.78, 5) is 10.6. The van der Waals surface area contributed by atoms with Crippen molar-refractivity contribution in [2.24, 2.45) is 0 Å². The topological polar surface area (TPSA) is 26.3 Å². The molecule has 0 fully saturated rings. The van der Waals surface area contributed by atoms with Crippen molar-refractivity contribution in [3.63, 3.8) is 0 Å². The molecule has 2 heteroatoms. The van der Waals surface area contributed by atoms with Crippen LogP contribution in [-0.2, 0) is 9.53 Å². The molecule has 0 aromatic carbocycles. The van der Waals surface area contributed by atoms with E-state index in [9.17, 15) is 4.79 Å². The lowest BCUT2D eigenvalue weighted by molar-refractivity contribution is -0.135. The SMILES string of the molecule is COC(=O)C1=C=CC=C1. The van der Waals surface area contributed by atoms with E-state index >= 15 is 0 Å². The number of carbonyl (C=O) groups excluding carboxylic acids is 1. The van der Waals surface area contributed by atoms with Crippen LogP contribution in [0.5, 0.6) is 0 Å². The number of hydrogen-bond acceptors (Lipinski definition) is 2. The van der Waals surface area contributed by atoms with Gasteiger partial charge in [0.2, 0.25) is 0 Å². The number of allylic oxidation sites excluding steroid dienone is 1. The number of methoxy groups -OCH3 is 1. The van der Waals surface area contributed by atoms with Crippen molar-refractivity contribution in [1.29, 1.82) is 0 Å². The molecule has 1 aliphatic rings. The summed E-state index contributed by atoms with van der Waals surface area (Å²) in [5, 5.41) is 0. The summed E-state index contributed by atoms with van der Waals surface area (Å²) < 4.78 is 4.42. The van der Waals surface area contributed by atoms with Crippen LogP contribution in [0.2, 0.25) is 0 Å². The van der Waals surface area contributed by atoms with Gasteiger partial charge >= 0.3 is 5.97 Å². The zero-order chi connectivity index (χ0) is 6.69. The van der Waals surface area contributed by atoms with Gasteiger partial charge in [-0.3, -0.25) is 0 Å². The largest absolute Gasteiger partial charge is 0.465 e. The van der Waals surface area contributed by atoms with Crippen LogP contribution in [0.1, 0.15) is 0 Å². The minimum absolute atomic E-state index is 0.333. The van der Waals surface area contributed by atoms with Crippen LogP contribution in [0.15, 0.2) is 29.5 Å². The van der Waals surface area contributed by atoms with E-state index in [2.05, 4.69) is 10.5 Å². The highest BCUT2D eigenvalue weighted by Crippen LogP contribution is 2.02. The van der Waals surface area contributed by atoms with Gasteiger partial charge in [0.1, 0.15) is 5.57 Å². The molecule has 1 rings (SSSR count). The van der Waals surface area contributed by atoms with Crippen molar-refractivity contribution in [1.82, 2.24) is 0 Å². The lowest BCUT2D eigenvalue weighted by Crippen LogP contribution is -2.00. The molecular weight excluding hydrogens is 116 g/mol.